The summed E-state index contributed by atoms with van der Waals surface area (Å²) in [5.74, 6) is -0.0337. The van der Waals surface area contributed by atoms with Gasteiger partial charge in [-0.05, 0) is 32.1 Å². The smallest absolute Gasteiger partial charge is 0.305 e. The van der Waals surface area contributed by atoms with Crippen molar-refractivity contribution in [3.05, 3.63) is 12.2 Å². The molecule has 488 valence electrons. The normalized spacial score (nSPS) is 12.5. The molecule has 0 aliphatic heterocycles. The van der Waals surface area contributed by atoms with Crippen LogP contribution in [0.2, 0.25) is 0 Å². The summed E-state index contributed by atoms with van der Waals surface area (Å²) >= 11 is 0. The SMILES string of the molecule is CCCCCCCCCCCCCC/C=C/C(O)C(CO)NC(=O)CCCCCCCCCCCCCCCCCCCCCCCCCCCCCCCCCCCCCCCCCOC(=O)CCCCCCCCCCCCCC. The van der Waals surface area contributed by atoms with Gasteiger partial charge in [0, 0.05) is 12.8 Å². The standard InChI is InChI=1S/C76H149NO5/c1-3-5-7-9-11-13-15-17-45-48-52-56-60-64-68-74(79)73(72-78)77-75(80)69-65-61-57-53-49-46-43-41-39-37-35-33-31-29-27-25-23-21-19-18-20-22-24-26-28-30-32-34-36-38-40-42-44-47-51-55-59-63-67-71-82-76(81)70-66-62-58-54-50-16-14-12-10-8-6-4-2/h64,68,73-74,78-79H,3-63,65-67,69-72H2,1-2H3,(H,77,80)/b68-64+. The maximum Gasteiger partial charge on any atom is 0.305 e. The molecule has 6 nitrogen and oxygen atoms in total. The van der Waals surface area contributed by atoms with Crippen LogP contribution in [0.5, 0.6) is 0 Å². The molecule has 0 rings (SSSR count). The summed E-state index contributed by atoms with van der Waals surface area (Å²) in [6.07, 6.45) is 90.5. The summed E-state index contributed by atoms with van der Waals surface area (Å²) in [7, 11) is 0. The lowest BCUT2D eigenvalue weighted by Crippen LogP contribution is -2.45. The molecule has 0 aliphatic carbocycles. The Kier molecular flexibility index (Phi) is 70.8. The van der Waals surface area contributed by atoms with E-state index in [1.807, 2.05) is 6.08 Å². The highest BCUT2D eigenvalue weighted by Crippen LogP contribution is 2.20. The first-order chi connectivity index (χ1) is 40.5. The lowest BCUT2D eigenvalue weighted by atomic mass is 10.0. The highest BCUT2D eigenvalue weighted by Gasteiger charge is 2.18. The first-order valence-corrected chi connectivity index (χ1v) is 38.0. The predicted octanol–water partition coefficient (Wildman–Crippen LogP) is 24.7. The van der Waals surface area contributed by atoms with Crippen LogP contribution in [0.1, 0.15) is 438 Å². The molecule has 0 bridgehead atoms. The number of aliphatic hydroxyl groups excluding tert-OH is 2. The first kappa shape index (κ1) is 80.6. The van der Waals surface area contributed by atoms with Crippen molar-refractivity contribution in [3.63, 3.8) is 0 Å². The van der Waals surface area contributed by atoms with Crippen LogP contribution in [0, 0.1) is 0 Å². The van der Waals surface area contributed by atoms with Crippen molar-refractivity contribution < 1.29 is 24.5 Å². The fourth-order valence-corrected chi connectivity index (χ4v) is 12.3. The van der Waals surface area contributed by atoms with Gasteiger partial charge in [0.1, 0.15) is 0 Å². The van der Waals surface area contributed by atoms with Gasteiger partial charge in [0.05, 0.1) is 25.4 Å². The minimum Gasteiger partial charge on any atom is -0.466 e. The summed E-state index contributed by atoms with van der Waals surface area (Å²) in [6, 6.07) is -0.622. The minimum atomic E-state index is -0.839. The number of allylic oxidation sites excluding steroid dienone is 1. The molecule has 0 aromatic rings. The monoisotopic (exact) mass is 1160 g/mol. The summed E-state index contributed by atoms with van der Waals surface area (Å²) in [5.41, 5.74) is 0. The molecule has 0 radical (unpaired) electrons. The Labute approximate surface area is 514 Å². The zero-order valence-electron chi connectivity index (χ0n) is 56.0. The molecule has 6 heteroatoms. The van der Waals surface area contributed by atoms with E-state index in [1.165, 1.54) is 372 Å². The molecule has 0 aromatic heterocycles. The Balaban J connectivity index is 3.29. The van der Waals surface area contributed by atoms with Crippen LogP contribution in [-0.2, 0) is 14.3 Å². The highest BCUT2D eigenvalue weighted by atomic mass is 16.5. The van der Waals surface area contributed by atoms with E-state index in [2.05, 4.69) is 19.2 Å². The Morgan fingerprint density at radius 3 is 0.829 bits per heavy atom. The van der Waals surface area contributed by atoms with E-state index in [0.717, 1.165) is 38.5 Å². The van der Waals surface area contributed by atoms with Gasteiger partial charge in [-0.3, -0.25) is 9.59 Å². The quantitative estimate of drug-likeness (QED) is 0.0320. The van der Waals surface area contributed by atoms with Gasteiger partial charge in [0.15, 0.2) is 0 Å². The Morgan fingerprint density at radius 2 is 0.561 bits per heavy atom. The molecular weight excluding hydrogens is 1010 g/mol. The van der Waals surface area contributed by atoms with Crippen LogP contribution in [0.3, 0.4) is 0 Å². The number of esters is 1. The van der Waals surface area contributed by atoms with Crippen LogP contribution in [0.25, 0.3) is 0 Å². The molecule has 0 saturated heterocycles. The number of hydrogen-bond acceptors (Lipinski definition) is 5. The third-order valence-electron chi connectivity index (χ3n) is 18.1. The fourth-order valence-electron chi connectivity index (χ4n) is 12.3. The van der Waals surface area contributed by atoms with Gasteiger partial charge in [-0.15, -0.1) is 0 Å². The van der Waals surface area contributed by atoms with Crippen molar-refractivity contribution in [2.75, 3.05) is 13.2 Å². The zero-order chi connectivity index (χ0) is 59.2. The number of rotatable bonds is 72. The summed E-state index contributed by atoms with van der Waals surface area (Å²) in [6.45, 7) is 4.94. The third-order valence-corrected chi connectivity index (χ3v) is 18.1. The second kappa shape index (κ2) is 72.1. The van der Waals surface area contributed by atoms with Crippen molar-refractivity contribution in [2.45, 2.75) is 450 Å². The number of hydrogen-bond donors (Lipinski definition) is 3. The van der Waals surface area contributed by atoms with Crippen molar-refractivity contribution in [1.29, 1.82) is 0 Å². The van der Waals surface area contributed by atoms with E-state index in [-0.39, 0.29) is 18.5 Å². The third kappa shape index (κ3) is 67.7. The fraction of sp³-hybridized carbons (Fsp3) is 0.947. The topological polar surface area (TPSA) is 95.9 Å². The van der Waals surface area contributed by atoms with Crippen molar-refractivity contribution in [3.8, 4) is 0 Å². The number of carbonyl (C=O) groups excluding carboxylic acids is 2. The number of nitrogens with one attached hydrogen (secondary N) is 1. The number of aliphatic hydroxyl groups is 2. The summed E-state index contributed by atoms with van der Waals surface area (Å²) in [5, 5.41) is 23.2. The van der Waals surface area contributed by atoms with E-state index < -0.39 is 12.1 Å². The highest BCUT2D eigenvalue weighted by molar-refractivity contribution is 5.76. The van der Waals surface area contributed by atoms with E-state index in [1.54, 1.807) is 6.08 Å². The molecule has 0 spiro atoms. The van der Waals surface area contributed by atoms with Gasteiger partial charge < -0.3 is 20.3 Å². The van der Waals surface area contributed by atoms with E-state index in [0.29, 0.717) is 19.4 Å². The van der Waals surface area contributed by atoms with Gasteiger partial charge in [-0.25, -0.2) is 0 Å². The summed E-state index contributed by atoms with van der Waals surface area (Å²) < 4.78 is 5.49. The molecule has 1 amide bonds. The van der Waals surface area contributed by atoms with Gasteiger partial charge in [-0.1, -0.05) is 405 Å². The number of ether oxygens (including phenoxy) is 1. The molecule has 3 N–H and O–H groups in total. The van der Waals surface area contributed by atoms with Gasteiger partial charge in [0.25, 0.3) is 0 Å². The average molecular weight is 1160 g/mol. The van der Waals surface area contributed by atoms with Crippen molar-refractivity contribution in [1.82, 2.24) is 5.32 Å². The van der Waals surface area contributed by atoms with Crippen molar-refractivity contribution >= 4 is 11.9 Å². The first-order valence-electron chi connectivity index (χ1n) is 38.0. The lowest BCUT2D eigenvalue weighted by Gasteiger charge is -2.20. The molecule has 0 saturated carbocycles. The zero-order valence-corrected chi connectivity index (χ0v) is 56.0. The largest absolute Gasteiger partial charge is 0.466 e. The maximum absolute atomic E-state index is 12.5. The Morgan fingerprint density at radius 1 is 0.329 bits per heavy atom. The maximum atomic E-state index is 12.5. The predicted molar refractivity (Wildman–Crippen MR) is 361 cm³/mol. The van der Waals surface area contributed by atoms with Crippen molar-refractivity contribution in [2.24, 2.45) is 0 Å². The number of carbonyl (C=O) groups is 2. The molecule has 82 heavy (non-hydrogen) atoms. The Hall–Kier alpha value is -1.40. The van der Waals surface area contributed by atoms with E-state index in [4.69, 9.17) is 4.74 Å². The molecule has 2 unspecified atom stereocenters. The number of amides is 1. The van der Waals surface area contributed by atoms with Gasteiger partial charge in [-0.2, -0.15) is 0 Å². The van der Waals surface area contributed by atoms with Crippen LogP contribution >= 0.6 is 0 Å². The molecular formula is C76H149NO5. The molecule has 2 atom stereocenters. The molecule has 0 aromatic carbocycles. The second-order valence-corrected chi connectivity index (χ2v) is 26.4. The van der Waals surface area contributed by atoms with Crippen LogP contribution in [0.15, 0.2) is 12.2 Å². The minimum absolute atomic E-state index is 0.0254. The number of unbranched alkanes of at least 4 members (excludes halogenated alkanes) is 61. The average Bonchev–Trinajstić information content (AvgIpc) is 3.48. The van der Waals surface area contributed by atoms with E-state index in [9.17, 15) is 19.8 Å². The Bertz CT molecular complexity index is 1240. The summed E-state index contributed by atoms with van der Waals surface area (Å²) in [4.78, 5) is 24.5. The van der Waals surface area contributed by atoms with E-state index >= 15 is 0 Å². The van der Waals surface area contributed by atoms with Gasteiger partial charge >= 0.3 is 5.97 Å². The molecule has 0 heterocycles. The second-order valence-electron chi connectivity index (χ2n) is 26.4. The lowest BCUT2D eigenvalue weighted by molar-refractivity contribution is -0.143. The molecule has 0 aliphatic rings. The van der Waals surface area contributed by atoms with Crippen LogP contribution < -0.4 is 5.32 Å². The van der Waals surface area contributed by atoms with Crippen LogP contribution in [-0.4, -0.2) is 47.4 Å². The van der Waals surface area contributed by atoms with Crippen LogP contribution in [0.4, 0.5) is 0 Å². The van der Waals surface area contributed by atoms with Gasteiger partial charge in [0.2, 0.25) is 5.91 Å². The molecule has 0 fully saturated rings.